The molecular formula is C5H10O2P+. The summed E-state index contributed by atoms with van der Waals surface area (Å²) in [6.07, 6.45) is 2.92. The maximum atomic E-state index is 8.98. The van der Waals surface area contributed by atoms with Crippen molar-refractivity contribution in [3.8, 4) is 0 Å². The van der Waals surface area contributed by atoms with E-state index >= 15 is 0 Å². The normalized spacial score (nSPS) is 25.6. The molecule has 0 saturated heterocycles. The highest BCUT2D eigenvalue weighted by molar-refractivity contribution is 7.65. The Bertz CT molecular complexity index is 128. The molecule has 1 aliphatic heterocycles. The van der Waals surface area contributed by atoms with E-state index in [1.165, 1.54) is 0 Å². The molecule has 0 unspecified atom stereocenters. The standard InChI is InChI=1S/C5H10O2P/c1-5-2-3-8(6,7)4-5/h2,6-7H,3-4H2,1H3/q+1. The zero-order valence-electron chi connectivity index (χ0n) is 4.83. The van der Waals surface area contributed by atoms with Gasteiger partial charge >= 0.3 is 0 Å². The van der Waals surface area contributed by atoms with E-state index in [1.54, 1.807) is 0 Å². The number of allylic oxidation sites excluding steroid dienone is 2. The van der Waals surface area contributed by atoms with Crippen LogP contribution in [0.15, 0.2) is 11.6 Å². The molecule has 2 nitrogen and oxygen atoms in total. The van der Waals surface area contributed by atoms with E-state index in [1.807, 2.05) is 13.0 Å². The molecule has 46 valence electrons. The van der Waals surface area contributed by atoms with Crippen LogP contribution in [0.1, 0.15) is 6.92 Å². The summed E-state index contributed by atoms with van der Waals surface area (Å²) >= 11 is 0. The van der Waals surface area contributed by atoms with E-state index < -0.39 is 7.72 Å². The van der Waals surface area contributed by atoms with Gasteiger partial charge in [-0.05, 0) is 18.6 Å². The molecule has 1 heterocycles. The van der Waals surface area contributed by atoms with E-state index in [9.17, 15) is 0 Å². The second-order valence-corrected chi connectivity index (χ2v) is 4.71. The van der Waals surface area contributed by atoms with Crippen LogP contribution in [0.2, 0.25) is 0 Å². The fourth-order valence-corrected chi connectivity index (χ4v) is 2.49. The van der Waals surface area contributed by atoms with Crippen molar-refractivity contribution in [2.75, 3.05) is 12.3 Å². The summed E-state index contributed by atoms with van der Waals surface area (Å²) in [4.78, 5) is 18.0. The molecule has 8 heavy (non-hydrogen) atoms. The van der Waals surface area contributed by atoms with Crippen LogP contribution in [0, 0.1) is 0 Å². The van der Waals surface area contributed by atoms with Crippen molar-refractivity contribution < 1.29 is 9.79 Å². The Kier molecular flexibility index (Phi) is 1.40. The summed E-state index contributed by atoms with van der Waals surface area (Å²) in [5.41, 5.74) is 1.11. The molecule has 0 amide bonds. The smallest absolute Gasteiger partial charge is 0.220 e. The monoisotopic (exact) mass is 133 g/mol. The van der Waals surface area contributed by atoms with Gasteiger partial charge < -0.3 is 0 Å². The van der Waals surface area contributed by atoms with Crippen LogP contribution >= 0.6 is 7.72 Å². The third-order valence-electron chi connectivity index (χ3n) is 1.23. The van der Waals surface area contributed by atoms with Crippen molar-refractivity contribution >= 4 is 7.72 Å². The maximum Gasteiger partial charge on any atom is 0.275 e. The van der Waals surface area contributed by atoms with Crippen molar-refractivity contribution in [1.29, 1.82) is 0 Å². The zero-order valence-corrected chi connectivity index (χ0v) is 5.73. The first-order chi connectivity index (χ1) is 3.60. The van der Waals surface area contributed by atoms with Gasteiger partial charge in [-0.25, -0.2) is 9.79 Å². The molecule has 0 atom stereocenters. The van der Waals surface area contributed by atoms with Crippen molar-refractivity contribution in [3.63, 3.8) is 0 Å². The van der Waals surface area contributed by atoms with Crippen molar-refractivity contribution in [2.24, 2.45) is 0 Å². The van der Waals surface area contributed by atoms with Gasteiger partial charge in [0.15, 0.2) is 0 Å². The topological polar surface area (TPSA) is 40.5 Å². The highest BCUT2D eigenvalue weighted by atomic mass is 31.2. The predicted octanol–water partition coefficient (Wildman–Crippen LogP) is 0.778. The van der Waals surface area contributed by atoms with Gasteiger partial charge in [0.2, 0.25) is 0 Å². The van der Waals surface area contributed by atoms with Crippen molar-refractivity contribution in [2.45, 2.75) is 6.92 Å². The Balaban J connectivity index is 2.55. The zero-order chi connectivity index (χ0) is 6.20. The summed E-state index contributed by atoms with van der Waals surface area (Å²) in [7, 11) is -2.44. The molecule has 2 N–H and O–H groups in total. The first-order valence-corrected chi connectivity index (χ1v) is 4.65. The average molecular weight is 133 g/mol. The fourth-order valence-electron chi connectivity index (χ4n) is 0.831. The highest BCUT2D eigenvalue weighted by Crippen LogP contribution is 2.54. The van der Waals surface area contributed by atoms with Crippen LogP contribution in [0.25, 0.3) is 0 Å². The van der Waals surface area contributed by atoms with Gasteiger partial charge in [0.1, 0.15) is 12.3 Å². The van der Waals surface area contributed by atoms with E-state index in [2.05, 4.69) is 0 Å². The summed E-state index contributed by atoms with van der Waals surface area (Å²) in [5, 5.41) is 0. The second-order valence-electron chi connectivity index (χ2n) is 2.27. The van der Waals surface area contributed by atoms with Crippen LogP contribution < -0.4 is 0 Å². The summed E-state index contributed by atoms with van der Waals surface area (Å²) in [6.45, 7) is 1.92. The lowest BCUT2D eigenvalue weighted by Gasteiger charge is -2.01. The van der Waals surface area contributed by atoms with E-state index in [-0.39, 0.29) is 0 Å². The van der Waals surface area contributed by atoms with Gasteiger partial charge in [-0.15, -0.1) is 0 Å². The van der Waals surface area contributed by atoms with Crippen molar-refractivity contribution in [1.82, 2.24) is 0 Å². The molecule has 3 heteroatoms. The molecule has 0 saturated carbocycles. The summed E-state index contributed by atoms with van der Waals surface area (Å²) in [6, 6.07) is 0. The quantitative estimate of drug-likeness (QED) is 0.378. The molecule has 0 spiro atoms. The Labute approximate surface area is 49.3 Å². The lowest BCUT2D eigenvalue weighted by molar-refractivity contribution is 0.459. The van der Waals surface area contributed by atoms with Crippen LogP contribution in [0.3, 0.4) is 0 Å². The molecule has 0 radical (unpaired) electrons. The minimum atomic E-state index is -2.44. The lowest BCUT2D eigenvalue weighted by Crippen LogP contribution is -1.91. The van der Waals surface area contributed by atoms with E-state index in [4.69, 9.17) is 9.79 Å². The van der Waals surface area contributed by atoms with Crippen molar-refractivity contribution in [3.05, 3.63) is 11.6 Å². The Morgan fingerprint density at radius 3 is 2.38 bits per heavy atom. The predicted molar refractivity (Wildman–Crippen MR) is 34.8 cm³/mol. The Hall–Kier alpha value is 0.0900. The molecule has 0 aromatic heterocycles. The van der Waals surface area contributed by atoms with Gasteiger partial charge in [0, 0.05) is 0 Å². The number of rotatable bonds is 0. The largest absolute Gasteiger partial charge is 0.275 e. The Morgan fingerprint density at radius 1 is 1.62 bits per heavy atom. The highest BCUT2D eigenvalue weighted by Gasteiger charge is 2.36. The molecule has 0 bridgehead atoms. The second kappa shape index (κ2) is 1.80. The molecule has 0 aromatic carbocycles. The molecule has 1 rings (SSSR count). The SMILES string of the molecule is CC1=CC[P+](O)(O)C1. The molecule has 0 fully saturated rings. The van der Waals surface area contributed by atoms with Gasteiger partial charge in [-0.1, -0.05) is 0 Å². The van der Waals surface area contributed by atoms with Crippen LogP contribution in [-0.2, 0) is 0 Å². The van der Waals surface area contributed by atoms with Gasteiger partial charge in [-0.3, -0.25) is 0 Å². The van der Waals surface area contributed by atoms with Gasteiger partial charge in [0.05, 0.1) is 0 Å². The van der Waals surface area contributed by atoms with E-state index in [0.717, 1.165) is 5.57 Å². The summed E-state index contributed by atoms with van der Waals surface area (Å²) in [5.74, 6) is 0. The lowest BCUT2D eigenvalue weighted by atomic mass is 10.3. The third kappa shape index (κ3) is 1.28. The maximum absolute atomic E-state index is 8.98. The number of hydrogen-bond donors (Lipinski definition) is 2. The van der Waals surface area contributed by atoms with Crippen LogP contribution in [0.5, 0.6) is 0 Å². The summed E-state index contributed by atoms with van der Waals surface area (Å²) < 4.78 is 0. The van der Waals surface area contributed by atoms with Crippen LogP contribution in [-0.4, -0.2) is 22.1 Å². The average Bonchev–Trinajstić information content (AvgIpc) is 1.82. The van der Waals surface area contributed by atoms with E-state index in [0.29, 0.717) is 12.3 Å². The third-order valence-corrected chi connectivity index (χ3v) is 3.01. The first kappa shape index (κ1) is 6.21. The van der Waals surface area contributed by atoms with Crippen LogP contribution in [0.4, 0.5) is 0 Å². The Morgan fingerprint density at radius 2 is 2.25 bits per heavy atom. The molecule has 0 aliphatic carbocycles. The van der Waals surface area contributed by atoms with Gasteiger partial charge in [0.25, 0.3) is 7.72 Å². The molecular weight excluding hydrogens is 123 g/mol. The molecule has 0 aromatic rings. The minimum absolute atomic E-state index is 0.499. The fraction of sp³-hybridized carbons (Fsp3) is 0.600. The molecule has 1 aliphatic rings. The first-order valence-electron chi connectivity index (χ1n) is 2.58. The number of hydrogen-bond acceptors (Lipinski definition) is 2. The minimum Gasteiger partial charge on any atom is -0.220 e. The van der Waals surface area contributed by atoms with Gasteiger partial charge in [-0.2, -0.15) is 0 Å².